The Balaban J connectivity index is 1.88. The van der Waals surface area contributed by atoms with E-state index in [4.69, 9.17) is 19.3 Å². The number of carboxylic acid groups (broad SMARTS) is 1. The van der Waals surface area contributed by atoms with E-state index < -0.39 is 17.6 Å². The van der Waals surface area contributed by atoms with Gasteiger partial charge in [-0.15, -0.1) is 0 Å². The quantitative estimate of drug-likeness (QED) is 0.538. The average Bonchev–Trinajstić information content (AvgIpc) is 2.77. The topological polar surface area (TPSA) is 94.1 Å². The molecule has 0 aliphatic carbocycles. The van der Waals surface area contributed by atoms with Crippen LogP contribution in [-0.4, -0.2) is 49.5 Å². The number of carbonyl (C=O) groups is 2. The summed E-state index contributed by atoms with van der Waals surface area (Å²) in [5.74, 6) is 0.128. The van der Waals surface area contributed by atoms with Crippen LogP contribution < -0.4 is 14.8 Å². The number of amides is 1. The van der Waals surface area contributed by atoms with E-state index in [9.17, 15) is 9.59 Å². The number of methoxy groups -OCH3 is 2. The third-order valence-electron chi connectivity index (χ3n) is 5.25. The molecule has 7 nitrogen and oxygen atoms in total. The molecule has 0 aliphatic rings. The molecular weight excluding hydrogens is 398 g/mol. The molecule has 2 unspecified atom stereocenters. The van der Waals surface area contributed by atoms with Crippen LogP contribution in [0.2, 0.25) is 0 Å². The highest BCUT2D eigenvalue weighted by atomic mass is 16.5. The maximum absolute atomic E-state index is 12.5. The molecule has 0 fully saturated rings. The standard InChI is InChI=1S/C24H31NO6/c1-5-24(2,15-18-8-10-19(29-3)11-9-18)25-22(26)16-31-20-12-6-17(7-13-20)14-21(30-4)23(27)28/h6-13,21H,5,14-16H2,1-4H3,(H,25,26)(H,27,28). The summed E-state index contributed by atoms with van der Waals surface area (Å²) in [6, 6.07) is 14.8. The first kappa shape index (κ1) is 24.2. The fourth-order valence-corrected chi connectivity index (χ4v) is 3.18. The lowest BCUT2D eigenvalue weighted by atomic mass is 9.90. The lowest BCUT2D eigenvalue weighted by Gasteiger charge is -2.30. The zero-order valence-corrected chi connectivity index (χ0v) is 18.5. The van der Waals surface area contributed by atoms with Gasteiger partial charge in [-0.25, -0.2) is 4.79 Å². The molecule has 0 bridgehead atoms. The fourth-order valence-electron chi connectivity index (χ4n) is 3.18. The zero-order chi connectivity index (χ0) is 22.9. The molecule has 0 saturated heterocycles. The Morgan fingerprint density at radius 1 is 1.00 bits per heavy atom. The monoisotopic (exact) mass is 429 g/mol. The minimum atomic E-state index is -1.01. The first-order chi connectivity index (χ1) is 14.8. The molecule has 2 aromatic carbocycles. The summed E-state index contributed by atoms with van der Waals surface area (Å²) in [6.07, 6.45) is 0.823. The van der Waals surface area contributed by atoms with Gasteiger partial charge in [0.2, 0.25) is 0 Å². The van der Waals surface area contributed by atoms with Gasteiger partial charge in [-0.05, 0) is 55.2 Å². The van der Waals surface area contributed by atoms with Crippen molar-refractivity contribution in [2.45, 2.75) is 44.8 Å². The van der Waals surface area contributed by atoms with Crippen molar-refractivity contribution >= 4 is 11.9 Å². The predicted molar refractivity (Wildman–Crippen MR) is 118 cm³/mol. The molecule has 2 N–H and O–H groups in total. The van der Waals surface area contributed by atoms with Crippen LogP contribution in [-0.2, 0) is 27.2 Å². The van der Waals surface area contributed by atoms with Gasteiger partial charge < -0.3 is 24.6 Å². The summed E-state index contributed by atoms with van der Waals surface area (Å²) in [5.41, 5.74) is 1.52. The van der Waals surface area contributed by atoms with Crippen LogP contribution in [0, 0.1) is 0 Å². The van der Waals surface area contributed by atoms with Gasteiger partial charge in [-0.1, -0.05) is 31.2 Å². The fraction of sp³-hybridized carbons (Fsp3) is 0.417. The van der Waals surface area contributed by atoms with E-state index in [1.807, 2.05) is 38.1 Å². The molecular formula is C24H31NO6. The van der Waals surface area contributed by atoms with Crippen molar-refractivity contribution in [2.24, 2.45) is 0 Å². The van der Waals surface area contributed by atoms with Crippen molar-refractivity contribution in [3.05, 3.63) is 59.7 Å². The number of rotatable bonds is 12. The molecule has 0 aliphatic heterocycles. The number of aliphatic carboxylic acids is 1. The van der Waals surface area contributed by atoms with Crippen molar-refractivity contribution in [2.75, 3.05) is 20.8 Å². The number of ether oxygens (including phenoxy) is 3. The lowest BCUT2D eigenvalue weighted by molar-refractivity contribution is -0.148. The summed E-state index contributed by atoms with van der Waals surface area (Å²) >= 11 is 0. The van der Waals surface area contributed by atoms with Gasteiger partial charge in [0.15, 0.2) is 12.7 Å². The molecule has 31 heavy (non-hydrogen) atoms. The zero-order valence-electron chi connectivity index (χ0n) is 18.5. The molecule has 7 heteroatoms. The number of nitrogens with one attached hydrogen (secondary N) is 1. The summed E-state index contributed by atoms with van der Waals surface area (Å²) in [6.45, 7) is 3.94. The van der Waals surface area contributed by atoms with Gasteiger partial charge in [0, 0.05) is 19.1 Å². The Morgan fingerprint density at radius 3 is 2.10 bits per heavy atom. The normalized spacial score (nSPS) is 13.7. The number of benzene rings is 2. The molecule has 2 aromatic rings. The molecule has 0 radical (unpaired) electrons. The van der Waals surface area contributed by atoms with Crippen molar-refractivity contribution < 1.29 is 28.9 Å². The molecule has 2 rings (SSSR count). The first-order valence-corrected chi connectivity index (χ1v) is 10.2. The second-order valence-corrected chi connectivity index (χ2v) is 7.69. The van der Waals surface area contributed by atoms with Crippen LogP contribution >= 0.6 is 0 Å². The van der Waals surface area contributed by atoms with Crippen LogP contribution in [0.5, 0.6) is 11.5 Å². The van der Waals surface area contributed by atoms with E-state index in [0.29, 0.717) is 12.2 Å². The number of carboxylic acids is 1. The Morgan fingerprint density at radius 2 is 1.58 bits per heavy atom. The summed E-state index contributed by atoms with van der Waals surface area (Å²) in [5, 5.41) is 12.1. The molecule has 0 heterocycles. The largest absolute Gasteiger partial charge is 0.497 e. The van der Waals surface area contributed by atoms with E-state index in [2.05, 4.69) is 5.32 Å². The van der Waals surface area contributed by atoms with Crippen molar-refractivity contribution in [1.29, 1.82) is 0 Å². The van der Waals surface area contributed by atoms with Crippen LogP contribution in [0.3, 0.4) is 0 Å². The molecule has 2 atom stereocenters. The van der Waals surface area contributed by atoms with Crippen molar-refractivity contribution in [3.8, 4) is 11.5 Å². The summed E-state index contributed by atoms with van der Waals surface area (Å²) in [4.78, 5) is 23.5. The predicted octanol–water partition coefficient (Wildman–Crippen LogP) is 3.24. The number of hydrogen-bond acceptors (Lipinski definition) is 5. The molecule has 0 saturated carbocycles. The van der Waals surface area contributed by atoms with E-state index in [-0.39, 0.29) is 18.9 Å². The number of carbonyl (C=O) groups excluding carboxylic acids is 1. The SMILES string of the molecule is CCC(C)(Cc1ccc(OC)cc1)NC(=O)COc1ccc(CC(OC)C(=O)O)cc1. The maximum Gasteiger partial charge on any atom is 0.333 e. The third-order valence-corrected chi connectivity index (χ3v) is 5.25. The average molecular weight is 430 g/mol. The first-order valence-electron chi connectivity index (χ1n) is 10.2. The Kier molecular flexibility index (Phi) is 8.88. The minimum Gasteiger partial charge on any atom is -0.497 e. The smallest absolute Gasteiger partial charge is 0.333 e. The number of hydrogen-bond donors (Lipinski definition) is 2. The van der Waals surface area contributed by atoms with Gasteiger partial charge in [-0.3, -0.25) is 4.79 Å². The van der Waals surface area contributed by atoms with E-state index in [1.165, 1.54) is 7.11 Å². The molecule has 0 spiro atoms. The minimum absolute atomic E-state index is 0.104. The highest BCUT2D eigenvalue weighted by Crippen LogP contribution is 2.20. The Hall–Kier alpha value is -3.06. The highest BCUT2D eigenvalue weighted by Gasteiger charge is 2.25. The van der Waals surface area contributed by atoms with E-state index in [0.717, 1.165) is 23.3 Å². The third kappa shape index (κ3) is 7.61. The molecule has 0 aromatic heterocycles. The van der Waals surface area contributed by atoms with Gasteiger partial charge in [0.05, 0.1) is 7.11 Å². The molecule has 1 amide bonds. The van der Waals surface area contributed by atoms with Gasteiger partial charge in [0.1, 0.15) is 11.5 Å². The maximum atomic E-state index is 12.5. The summed E-state index contributed by atoms with van der Waals surface area (Å²) in [7, 11) is 3.00. The van der Waals surface area contributed by atoms with Gasteiger partial charge in [-0.2, -0.15) is 0 Å². The lowest BCUT2D eigenvalue weighted by Crippen LogP contribution is -2.48. The van der Waals surface area contributed by atoms with E-state index in [1.54, 1.807) is 31.4 Å². The van der Waals surface area contributed by atoms with E-state index >= 15 is 0 Å². The van der Waals surface area contributed by atoms with Gasteiger partial charge >= 0.3 is 5.97 Å². The van der Waals surface area contributed by atoms with Crippen LogP contribution in [0.25, 0.3) is 0 Å². The molecule has 168 valence electrons. The van der Waals surface area contributed by atoms with Crippen molar-refractivity contribution in [3.63, 3.8) is 0 Å². The van der Waals surface area contributed by atoms with Crippen LogP contribution in [0.1, 0.15) is 31.4 Å². The second kappa shape index (κ2) is 11.4. The Labute approximate surface area is 183 Å². The Bertz CT molecular complexity index is 849. The van der Waals surface area contributed by atoms with Gasteiger partial charge in [0.25, 0.3) is 5.91 Å². The van der Waals surface area contributed by atoms with Crippen molar-refractivity contribution in [1.82, 2.24) is 5.32 Å². The second-order valence-electron chi connectivity index (χ2n) is 7.69. The van der Waals surface area contributed by atoms with Crippen LogP contribution in [0.4, 0.5) is 0 Å². The summed E-state index contributed by atoms with van der Waals surface area (Å²) < 4.78 is 15.7. The van der Waals surface area contributed by atoms with Crippen LogP contribution in [0.15, 0.2) is 48.5 Å². The highest BCUT2D eigenvalue weighted by molar-refractivity contribution is 5.78.